The van der Waals surface area contributed by atoms with E-state index in [4.69, 9.17) is 0 Å². The van der Waals surface area contributed by atoms with Gasteiger partial charge in [0.05, 0.1) is 5.70 Å². The molecular formula is C15H14IN3O. The molecular weight excluding hydrogens is 365 g/mol. The molecule has 0 aliphatic heterocycles. The van der Waals surface area contributed by atoms with Gasteiger partial charge in [0.15, 0.2) is 5.82 Å². The number of rotatable bonds is 4. The molecule has 0 atom stereocenters. The van der Waals surface area contributed by atoms with Crippen molar-refractivity contribution in [3.05, 3.63) is 69.2 Å². The summed E-state index contributed by atoms with van der Waals surface area (Å²) in [6, 6.07) is 7.79. The highest BCUT2D eigenvalue weighted by atomic mass is 127. The van der Waals surface area contributed by atoms with Crippen LogP contribution in [0.3, 0.4) is 0 Å². The Kier molecular flexibility index (Phi) is 4.73. The van der Waals surface area contributed by atoms with E-state index in [-0.39, 0.29) is 5.69 Å². The van der Waals surface area contributed by atoms with E-state index in [2.05, 4.69) is 39.3 Å². The van der Waals surface area contributed by atoms with E-state index < -0.39 is 0 Å². The Labute approximate surface area is 130 Å². The van der Waals surface area contributed by atoms with Crippen molar-refractivity contribution in [3.63, 3.8) is 0 Å². The zero-order chi connectivity index (χ0) is 14.5. The molecule has 0 saturated heterocycles. The van der Waals surface area contributed by atoms with Gasteiger partial charge in [-0.25, -0.2) is 4.79 Å². The first kappa shape index (κ1) is 14.5. The molecule has 102 valence electrons. The summed E-state index contributed by atoms with van der Waals surface area (Å²) in [4.78, 5) is 14.7. The smallest absolute Gasteiger partial charge is 0.288 e. The third-order valence-corrected chi connectivity index (χ3v) is 3.37. The second-order valence-corrected chi connectivity index (χ2v) is 5.26. The predicted molar refractivity (Wildman–Crippen MR) is 90.3 cm³/mol. The van der Waals surface area contributed by atoms with Gasteiger partial charge in [-0.15, -0.1) is 5.10 Å². The first-order chi connectivity index (χ1) is 9.65. The molecule has 0 spiro atoms. The molecule has 20 heavy (non-hydrogen) atoms. The van der Waals surface area contributed by atoms with E-state index in [1.807, 2.05) is 43.3 Å². The summed E-state index contributed by atoms with van der Waals surface area (Å²) >= 11 is 2.23. The minimum Gasteiger partial charge on any atom is -0.288 e. The Balaban J connectivity index is 2.46. The van der Waals surface area contributed by atoms with Crippen molar-refractivity contribution in [1.29, 1.82) is 0 Å². The quantitative estimate of drug-likeness (QED) is 0.654. The Hall–Kier alpha value is -1.89. The summed E-state index contributed by atoms with van der Waals surface area (Å²) in [6.07, 6.45) is 7.09. The number of hydrogen-bond acceptors (Lipinski definition) is 2. The van der Waals surface area contributed by atoms with E-state index in [9.17, 15) is 4.79 Å². The zero-order valence-corrected chi connectivity index (χ0v) is 13.2. The van der Waals surface area contributed by atoms with Crippen LogP contribution in [0.1, 0.15) is 6.92 Å². The molecule has 0 radical (unpaired) electrons. The van der Waals surface area contributed by atoms with Gasteiger partial charge in [-0.3, -0.25) is 4.98 Å². The normalized spacial score (nSPS) is 12.0. The predicted octanol–water partition coefficient (Wildman–Crippen LogP) is 3.45. The molecule has 2 aromatic rings. The summed E-state index contributed by atoms with van der Waals surface area (Å²) in [5.74, 6) is 0.541. The number of halogens is 1. The van der Waals surface area contributed by atoms with Gasteiger partial charge in [0, 0.05) is 9.13 Å². The molecule has 5 heteroatoms. The van der Waals surface area contributed by atoms with E-state index in [1.165, 1.54) is 4.68 Å². The zero-order valence-electron chi connectivity index (χ0n) is 11.0. The van der Waals surface area contributed by atoms with Crippen LogP contribution in [0, 0.1) is 3.57 Å². The molecule has 0 unspecified atom stereocenters. The number of aromatic amines is 1. The Bertz CT molecular complexity index is 720. The second kappa shape index (κ2) is 6.51. The van der Waals surface area contributed by atoms with E-state index >= 15 is 0 Å². The van der Waals surface area contributed by atoms with Gasteiger partial charge in [0.25, 0.3) is 0 Å². The van der Waals surface area contributed by atoms with Crippen LogP contribution in [0.4, 0.5) is 0 Å². The number of nitrogens with one attached hydrogen (secondary N) is 1. The molecule has 1 aromatic carbocycles. The van der Waals surface area contributed by atoms with Crippen LogP contribution in [0.5, 0.6) is 0 Å². The molecule has 1 N–H and O–H groups in total. The summed E-state index contributed by atoms with van der Waals surface area (Å²) in [6.45, 7) is 5.61. The Morgan fingerprint density at radius 2 is 2.10 bits per heavy atom. The van der Waals surface area contributed by atoms with Gasteiger partial charge in [-0.1, -0.05) is 30.9 Å². The third-order valence-electron chi connectivity index (χ3n) is 2.65. The van der Waals surface area contributed by atoms with Crippen LogP contribution in [0.15, 0.2) is 59.9 Å². The fourth-order valence-electron chi connectivity index (χ4n) is 1.66. The van der Waals surface area contributed by atoms with Gasteiger partial charge in [-0.2, -0.15) is 4.68 Å². The van der Waals surface area contributed by atoms with Gasteiger partial charge in [0.2, 0.25) is 0 Å². The summed E-state index contributed by atoms with van der Waals surface area (Å²) in [5.41, 5.74) is 1.21. The number of aromatic nitrogens is 3. The highest BCUT2D eigenvalue weighted by molar-refractivity contribution is 14.1. The second-order valence-electron chi connectivity index (χ2n) is 4.02. The van der Waals surface area contributed by atoms with E-state index in [0.717, 1.165) is 9.13 Å². The highest BCUT2D eigenvalue weighted by Crippen LogP contribution is 2.16. The topological polar surface area (TPSA) is 50.7 Å². The fraction of sp³-hybridized carbons (Fsp3) is 0.0667. The number of hydrogen-bond donors (Lipinski definition) is 1. The first-order valence-corrected chi connectivity index (χ1v) is 7.14. The number of benzene rings is 1. The van der Waals surface area contributed by atoms with Gasteiger partial charge in [0.1, 0.15) is 0 Å². The lowest BCUT2D eigenvalue weighted by Crippen LogP contribution is -2.16. The van der Waals surface area contributed by atoms with Gasteiger partial charge < -0.3 is 0 Å². The highest BCUT2D eigenvalue weighted by Gasteiger charge is 2.08. The molecule has 4 nitrogen and oxygen atoms in total. The first-order valence-electron chi connectivity index (χ1n) is 6.06. The van der Waals surface area contributed by atoms with Crippen molar-refractivity contribution in [2.24, 2.45) is 0 Å². The number of allylic oxidation sites excluding steroid dienone is 5. The maximum Gasteiger partial charge on any atom is 0.348 e. The maximum absolute atomic E-state index is 12.0. The SMILES string of the molecule is C=C/C(=C\C=C/C)n1nc(-c2ccc(I)cc2)[nH]c1=O. The molecule has 2 rings (SSSR count). The molecule has 0 saturated carbocycles. The van der Waals surface area contributed by atoms with Crippen molar-refractivity contribution in [1.82, 2.24) is 14.8 Å². The van der Waals surface area contributed by atoms with Crippen LogP contribution in [-0.4, -0.2) is 14.8 Å². The largest absolute Gasteiger partial charge is 0.348 e. The monoisotopic (exact) mass is 379 g/mol. The van der Waals surface area contributed by atoms with E-state index in [1.54, 1.807) is 12.2 Å². The number of H-pyrrole nitrogens is 1. The molecule has 0 aliphatic carbocycles. The third kappa shape index (κ3) is 3.16. The standard InChI is InChI=1S/C15H14IN3O/c1-3-5-6-13(4-2)19-15(20)17-14(18-19)11-7-9-12(16)10-8-11/h3-10H,2H2,1H3,(H,17,18,20)/b5-3-,13-6+. The fourth-order valence-corrected chi connectivity index (χ4v) is 2.02. The van der Waals surface area contributed by atoms with Crippen LogP contribution in [0.2, 0.25) is 0 Å². The van der Waals surface area contributed by atoms with Crippen LogP contribution in [0.25, 0.3) is 17.1 Å². The summed E-state index contributed by atoms with van der Waals surface area (Å²) < 4.78 is 2.44. The lowest BCUT2D eigenvalue weighted by molar-refractivity contribution is 0.873. The van der Waals surface area contributed by atoms with E-state index in [0.29, 0.717) is 11.5 Å². The average molecular weight is 379 g/mol. The molecule has 0 fully saturated rings. The number of nitrogens with zero attached hydrogens (tertiary/aromatic N) is 2. The van der Waals surface area contributed by atoms with Crippen molar-refractivity contribution >= 4 is 28.3 Å². The van der Waals surface area contributed by atoms with Crippen LogP contribution < -0.4 is 5.69 Å². The molecule has 1 aromatic heterocycles. The minimum absolute atomic E-state index is 0.283. The van der Waals surface area contributed by atoms with Crippen LogP contribution in [-0.2, 0) is 0 Å². The lowest BCUT2D eigenvalue weighted by Gasteiger charge is -1.98. The summed E-state index contributed by atoms with van der Waals surface area (Å²) in [5, 5.41) is 4.31. The van der Waals surface area contributed by atoms with Gasteiger partial charge >= 0.3 is 5.69 Å². The van der Waals surface area contributed by atoms with Crippen molar-refractivity contribution in [2.45, 2.75) is 6.92 Å². The Morgan fingerprint density at radius 1 is 1.40 bits per heavy atom. The Morgan fingerprint density at radius 3 is 2.70 bits per heavy atom. The van der Waals surface area contributed by atoms with Crippen molar-refractivity contribution in [3.8, 4) is 11.4 Å². The minimum atomic E-state index is -0.283. The van der Waals surface area contributed by atoms with Gasteiger partial charge in [-0.05, 0) is 53.8 Å². The van der Waals surface area contributed by atoms with Crippen molar-refractivity contribution in [2.75, 3.05) is 0 Å². The van der Waals surface area contributed by atoms with Crippen molar-refractivity contribution < 1.29 is 0 Å². The molecule has 0 amide bonds. The maximum atomic E-state index is 12.0. The molecule has 0 bridgehead atoms. The summed E-state index contributed by atoms with van der Waals surface area (Å²) in [7, 11) is 0. The lowest BCUT2D eigenvalue weighted by atomic mass is 10.2. The molecule has 1 heterocycles. The molecule has 0 aliphatic rings. The average Bonchev–Trinajstić information content (AvgIpc) is 2.83. The van der Waals surface area contributed by atoms with Crippen LogP contribution >= 0.6 is 22.6 Å².